The van der Waals surface area contributed by atoms with E-state index in [0.29, 0.717) is 11.7 Å². The topological polar surface area (TPSA) is 84.1 Å². The molecule has 6 heteroatoms. The first-order valence-electron chi connectivity index (χ1n) is 10.3. The predicted octanol–water partition coefficient (Wildman–Crippen LogP) is 5.95. The lowest BCUT2D eigenvalue weighted by atomic mass is 9.88. The molecule has 4 rings (SSSR count). The zero-order valence-corrected chi connectivity index (χ0v) is 18.7. The molecule has 0 spiro atoms. The van der Waals surface area contributed by atoms with Crippen molar-refractivity contribution in [1.29, 1.82) is 0 Å². The van der Waals surface area contributed by atoms with Gasteiger partial charge in [0, 0.05) is 23.3 Å². The van der Waals surface area contributed by atoms with Crippen LogP contribution in [0.1, 0.15) is 50.7 Å². The van der Waals surface area contributed by atoms with Gasteiger partial charge in [-0.25, -0.2) is 9.97 Å². The van der Waals surface area contributed by atoms with Gasteiger partial charge in [-0.3, -0.25) is 0 Å². The standard InChI is InChI=1S/C14H16N4O.C8H9Cl.C2H6/c15-13-2-1-9(7-17-13)5-10-3-4-16-14-12(10)6-11(19)8-18-14;1-7-3-2-4-8(9)6-5-7;1-2/h1-2,6-8,10,19H,3-5H2,(H2,15,17)(H,16,18);2,4-6H,3H2,1H3;1-2H3. The molecule has 3 heterocycles. The SMILES string of the molecule is CC.CC1=CC=C(Cl)C=CC1.Nc1ccc(CC2CCNc3ncc(O)cc32)cn1. The zero-order chi connectivity index (χ0) is 21.9. The Bertz CT molecular complexity index is 904. The van der Waals surface area contributed by atoms with E-state index in [1.807, 2.05) is 50.4 Å². The van der Waals surface area contributed by atoms with Crippen LogP contribution in [0.4, 0.5) is 11.6 Å². The highest BCUT2D eigenvalue weighted by molar-refractivity contribution is 6.31. The van der Waals surface area contributed by atoms with Crippen molar-refractivity contribution < 1.29 is 5.11 Å². The molecule has 0 bridgehead atoms. The molecule has 2 aromatic heterocycles. The smallest absolute Gasteiger partial charge is 0.134 e. The van der Waals surface area contributed by atoms with Crippen LogP contribution >= 0.6 is 11.6 Å². The normalized spacial score (nSPS) is 16.9. The Morgan fingerprint density at radius 1 is 1.20 bits per heavy atom. The number of hydrogen-bond acceptors (Lipinski definition) is 5. The van der Waals surface area contributed by atoms with Crippen molar-refractivity contribution in [3.8, 4) is 5.75 Å². The number of nitrogen functional groups attached to an aromatic ring is 1. The zero-order valence-electron chi connectivity index (χ0n) is 17.9. The molecule has 1 unspecified atom stereocenters. The van der Waals surface area contributed by atoms with Crippen LogP contribution in [0.25, 0.3) is 0 Å². The fourth-order valence-corrected chi connectivity index (χ4v) is 3.36. The van der Waals surface area contributed by atoms with Gasteiger partial charge in [-0.1, -0.05) is 49.2 Å². The van der Waals surface area contributed by atoms with Crippen molar-refractivity contribution >= 4 is 23.2 Å². The molecule has 0 saturated heterocycles. The fourth-order valence-electron chi connectivity index (χ4n) is 3.21. The number of hydrogen-bond donors (Lipinski definition) is 3. The molecule has 0 amide bonds. The number of aromatic nitrogens is 2. The predicted molar refractivity (Wildman–Crippen MR) is 127 cm³/mol. The Kier molecular flexibility index (Phi) is 9.42. The van der Waals surface area contributed by atoms with Crippen LogP contribution < -0.4 is 11.1 Å². The summed E-state index contributed by atoms with van der Waals surface area (Å²) >= 11 is 5.72. The second-order valence-corrected chi connectivity index (χ2v) is 7.45. The van der Waals surface area contributed by atoms with E-state index in [1.54, 1.807) is 6.07 Å². The van der Waals surface area contributed by atoms with E-state index in [9.17, 15) is 5.11 Å². The van der Waals surface area contributed by atoms with Crippen molar-refractivity contribution in [2.75, 3.05) is 17.6 Å². The molecule has 160 valence electrons. The molecule has 0 saturated carbocycles. The summed E-state index contributed by atoms with van der Waals surface area (Å²) in [6.45, 7) is 6.99. The highest BCUT2D eigenvalue weighted by Crippen LogP contribution is 2.34. The van der Waals surface area contributed by atoms with Gasteiger partial charge in [0.15, 0.2) is 0 Å². The van der Waals surface area contributed by atoms with Gasteiger partial charge < -0.3 is 16.2 Å². The molecule has 5 nitrogen and oxygen atoms in total. The Labute approximate surface area is 184 Å². The summed E-state index contributed by atoms with van der Waals surface area (Å²) in [4.78, 5) is 8.34. The number of nitrogens with two attached hydrogens (primary N) is 1. The van der Waals surface area contributed by atoms with Crippen molar-refractivity contribution in [3.63, 3.8) is 0 Å². The summed E-state index contributed by atoms with van der Waals surface area (Å²) in [5.74, 6) is 1.97. The summed E-state index contributed by atoms with van der Waals surface area (Å²) in [5.41, 5.74) is 9.16. The number of halogens is 1. The number of nitrogens with one attached hydrogen (secondary N) is 1. The summed E-state index contributed by atoms with van der Waals surface area (Å²) in [7, 11) is 0. The fraction of sp³-hybridized carbons (Fsp3) is 0.333. The molecule has 0 fully saturated rings. The first-order chi connectivity index (χ1) is 14.5. The molecule has 1 aliphatic heterocycles. The number of aromatic hydroxyl groups is 1. The Balaban J connectivity index is 0.000000245. The maximum atomic E-state index is 9.59. The minimum atomic E-state index is 0.211. The van der Waals surface area contributed by atoms with E-state index >= 15 is 0 Å². The Morgan fingerprint density at radius 3 is 2.73 bits per heavy atom. The van der Waals surface area contributed by atoms with Gasteiger partial charge in [-0.15, -0.1) is 0 Å². The van der Waals surface area contributed by atoms with Crippen LogP contribution in [-0.2, 0) is 6.42 Å². The third-order valence-corrected chi connectivity index (χ3v) is 4.95. The van der Waals surface area contributed by atoms with Crippen molar-refractivity contribution in [3.05, 3.63) is 76.6 Å². The number of nitrogens with zero attached hydrogens (tertiary/aromatic N) is 2. The molecule has 2 aromatic rings. The number of rotatable bonds is 2. The minimum absolute atomic E-state index is 0.211. The van der Waals surface area contributed by atoms with E-state index in [0.717, 1.165) is 47.8 Å². The average molecular weight is 427 g/mol. The molecular weight excluding hydrogens is 396 g/mol. The molecule has 0 aromatic carbocycles. The highest BCUT2D eigenvalue weighted by atomic mass is 35.5. The van der Waals surface area contributed by atoms with Gasteiger partial charge >= 0.3 is 0 Å². The second kappa shape index (κ2) is 12.0. The van der Waals surface area contributed by atoms with Gasteiger partial charge in [-0.2, -0.15) is 0 Å². The monoisotopic (exact) mass is 426 g/mol. The lowest BCUT2D eigenvalue weighted by Gasteiger charge is -2.25. The lowest BCUT2D eigenvalue weighted by molar-refractivity contribution is 0.469. The number of fused-ring (bicyclic) bond motifs is 1. The molecule has 1 atom stereocenters. The Morgan fingerprint density at radius 2 is 2.00 bits per heavy atom. The van der Waals surface area contributed by atoms with Gasteiger partial charge in [0.2, 0.25) is 0 Å². The quantitative estimate of drug-likeness (QED) is 0.552. The van der Waals surface area contributed by atoms with Crippen molar-refractivity contribution in [1.82, 2.24) is 9.97 Å². The number of allylic oxidation sites excluding steroid dienone is 6. The minimum Gasteiger partial charge on any atom is -0.506 e. The van der Waals surface area contributed by atoms with Crippen LogP contribution in [0.3, 0.4) is 0 Å². The van der Waals surface area contributed by atoms with E-state index < -0.39 is 0 Å². The van der Waals surface area contributed by atoms with E-state index in [4.69, 9.17) is 17.3 Å². The largest absolute Gasteiger partial charge is 0.506 e. The van der Waals surface area contributed by atoms with E-state index in [-0.39, 0.29) is 5.75 Å². The van der Waals surface area contributed by atoms with Gasteiger partial charge in [0.25, 0.3) is 0 Å². The molecule has 0 radical (unpaired) electrons. The van der Waals surface area contributed by atoms with Crippen LogP contribution in [0.2, 0.25) is 0 Å². The lowest BCUT2D eigenvalue weighted by Crippen LogP contribution is -2.19. The molecular formula is C24H31ClN4O. The van der Waals surface area contributed by atoms with Crippen molar-refractivity contribution in [2.24, 2.45) is 0 Å². The first-order valence-corrected chi connectivity index (χ1v) is 10.7. The maximum absolute atomic E-state index is 9.59. The molecule has 30 heavy (non-hydrogen) atoms. The number of pyridine rings is 2. The molecule has 1 aliphatic carbocycles. The van der Waals surface area contributed by atoms with Crippen molar-refractivity contribution in [2.45, 2.75) is 46.0 Å². The van der Waals surface area contributed by atoms with Crippen LogP contribution in [0, 0.1) is 0 Å². The third-order valence-electron chi connectivity index (χ3n) is 4.70. The summed E-state index contributed by atoms with van der Waals surface area (Å²) in [5, 5.41) is 13.7. The van der Waals surface area contributed by atoms with Gasteiger partial charge in [-0.05, 0) is 62.0 Å². The highest BCUT2D eigenvalue weighted by Gasteiger charge is 2.21. The van der Waals surface area contributed by atoms with Crippen LogP contribution in [0.15, 0.2) is 65.5 Å². The third kappa shape index (κ3) is 7.23. The van der Waals surface area contributed by atoms with E-state index in [2.05, 4.69) is 28.3 Å². The molecule has 2 aliphatic rings. The second-order valence-electron chi connectivity index (χ2n) is 7.01. The number of anilines is 2. The maximum Gasteiger partial charge on any atom is 0.134 e. The van der Waals surface area contributed by atoms with Crippen LogP contribution in [0.5, 0.6) is 5.75 Å². The Hall–Kier alpha value is -2.79. The molecule has 4 N–H and O–H groups in total. The average Bonchev–Trinajstić information content (AvgIpc) is 2.95. The van der Waals surface area contributed by atoms with Gasteiger partial charge in [0.1, 0.15) is 17.4 Å². The van der Waals surface area contributed by atoms with Gasteiger partial charge in [0.05, 0.1) is 6.20 Å². The summed E-state index contributed by atoms with van der Waals surface area (Å²) in [6.07, 6.45) is 14.2. The first kappa shape index (κ1) is 23.5. The van der Waals surface area contributed by atoms with Crippen LogP contribution in [-0.4, -0.2) is 21.6 Å². The summed E-state index contributed by atoms with van der Waals surface area (Å²) < 4.78 is 0. The summed E-state index contributed by atoms with van der Waals surface area (Å²) in [6, 6.07) is 5.61. The van der Waals surface area contributed by atoms with E-state index in [1.165, 1.54) is 11.8 Å².